The number of carbonyl (C=O) groups excluding carboxylic acids is 2. The van der Waals surface area contributed by atoms with Crippen molar-refractivity contribution in [3.63, 3.8) is 0 Å². The number of ether oxygens (including phenoxy) is 2. The van der Waals surface area contributed by atoms with Crippen molar-refractivity contribution in [3.05, 3.63) is 29.8 Å². The molecule has 6 nitrogen and oxygen atoms in total. The van der Waals surface area contributed by atoms with Gasteiger partial charge in [-0.25, -0.2) is 5.43 Å². The quantitative estimate of drug-likeness (QED) is 0.453. The molecule has 1 amide bonds. The number of rotatable bonds is 8. The molecule has 0 aliphatic carbocycles. The number of hydrogen-bond donors (Lipinski definition) is 1. The standard InChI is InChI=1S/C17H24N2O4/c1-5-14(17(21)22-6-2)13(4)18-19-16(20)11-23-15-10-8-7-9-12(15)3/h7-10,14H,5-6,11H2,1-4H3,(H,19,20)/b18-13-. The van der Waals surface area contributed by atoms with E-state index in [1.165, 1.54) is 0 Å². The van der Waals surface area contributed by atoms with Crippen LogP contribution in [0.15, 0.2) is 29.4 Å². The molecule has 0 aliphatic heterocycles. The van der Waals surface area contributed by atoms with Crippen molar-refractivity contribution in [2.24, 2.45) is 11.0 Å². The summed E-state index contributed by atoms with van der Waals surface area (Å²) in [5, 5.41) is 3.97. The SMILES string of the molecule is CCOC(=O)C(CC)/C(C)=N\NC(=O)COc1ccccc1C. The average Bonchev–Trinajstić information content (AvgIpc) is 2.53. The van der Waals surface area contributed by atoms with E-state index in [0.29, 0.717) is 24.5 Å². The summed E-state index contributed by atoms with van der Waals surface area (Å²) >= 11 is 0. The van der Waals surface area contributed by atoms with Crippen LogP contribution >= 0.6 is 0 Å². The predicted molar refractivity (Wildman–Crippen MR) is 88.3 cm³/mol. The van der Waals surface area contributed by atoms with Crippen LogP contribution in [0, 0.1) is 12.8 Å². The summed E-state index contributed by atoms with van der Waals surface area (Å²) in [6, 6.07) is 7.44. The number of hydrazone groups is 1. The Labute approximate surface area is 136 Å². The molecule has 126 valence electrons. The Morgan fingerprint density at radius 2 is 1.96 bits per heavy atom. The third-order valence-electron chi connectivity index (χ3n) is 3.29. The monoisotopic (exact) mass is 320 g/mol. The van der Waals surface area contributed by atoms with E-state index in [4.69, 9.17) is 9.47 Å². The molecular formula is C17H24N2O4. The Hall–Kier alpha value is -2.37. The molecule has 0 aliphatic rings. The Morgan fingerprint density at radius 3 is 2.57 bits per heavy atom. The number of amides is 1. The third kappa shape index (κ3) is 6.10. The van der Waals surface area contributed by atoms with Crippen LogP contribution in [-0.2, 0) is 14.3 Å². The van der Waals surface area contributed by atoms with Gasteiger partial charge in [-0.2, -0.15) is 5.10 Å². The maximum Gasteiger partial charge on any atom is 0.314 e. The topological polar surface area (TPSA) is 77.0 Å². The second-order valence-corrected chi connectivity index (χ2v) is 5.06. The van der Waals surface area contributed by atoms with Crippen LogP contribution in [0.5, 0.6) is 5.75 Å². The van der Waals surface area contributed by atoms with Gasteiger partial charge >= 0.3 is 5.97 Å². The molecule has 1 aromatic carbocycles. The lowest BCUT2D eigenvalue weighted by molar-refractivity contribution is -0.145. The van der Waals surface area contributed by atoms with Crippen LogP contribution in [0.4, 0.5) is 0 Å². The number of carbonyl (C=O) groups is 2. The highest BCUT2D eigenvalue weighted by molar-refractivity contribution is 6.01. The maximum atomic E-state index is 11.8. The first-order valence-electron chi connectivity index (χ1n) is 7.67. The second-order valence-electron chi connectivity index (χ2n) is 5.06. The summed E-state index contributed by atoms with van der Waals surface area (Å²) in [5.74, 6) is -0.512. The van der Waals surface area contributed by atoms with Gasteiger partial charge in [-0.3, -0.25) is 9.59 Å². The molecule has 0 spiro atoms. The van der Waals surface area contributed by atoms with Crippen molar-refractivity contribution >= 4 is 17.6 Å². The Balaban J connectivity index is 2.53. The van der Waals surface area contributed by atoms with Crippen LogP contribution in [0.3, 0.4) is 0 Å². The minimum atomic E-state index is -0.451. The van der Waals surface area contributed by atoms with Crippen LogP contribution in [0.2, 0.25) is 0 Å². The van der Waals surface area contributed by atoms with E-state index in [0.717, 1.165) is 5.56 Å². The number of nitrogens with zero attached hydrogens (tertiary/aromatic N) is 1. The fourth-order valence-electron chi connectivity index (χ4n) is 2.00. The Bertz CT molecular complexity index is 569. The molecular weight excluding hydrogens is 296 g/mol. The maximum absolute atomic E-state index is 11.8. The van der Waals surface area contributed by atoms with Crippen molar-refractivity contribution in [1.29, 1.82) is 0 Å². The fraction of sp³-hybridized carbons (Fsp3) is 0.471. The van der Waals surface area contributed by atoms with Gasteiger partial charge in [0.05, 0.1) is 12.5 Å². The van der Waals surface area contributed by atoms with Crippen LogP contribution in [-0.4, -0.2) is 30.8 Å². The molecule has 1 aromatic rings. The van der Waals surface area contributed by atoms with Gasteiger partial charge in [0.1, 0.15) is 5.75 Å². The van der Waals surface area contributed by atoms with Crippen LogP contribution in [0.1, 0.15) is 32.8 Å². The zero-order valence-corrected chi connectivity index (χ0v) is 14.1. The Morgan fingerprint density at radius 1 is 1.26 bits per heavy atom. The molecule has 0 saturated heterocycles. The summed E-state index contributed by atoms with van der Waals surface area (Å²) in [4.78, 5) is 23.5. The van der Waals surface area contributed by atoms with E-state index in [9.17, 15) is 9.59 Å². The summed E-state index contributed by atoms with van der Waals surface area (Å²) in [7, 11) is 0. The van der Waals surface area contributed by atoms with Gasteiger partial charge in [0, 0.05) is 5.71 Å². The van der Waals surface area contributed by atoms with E-state index in [1.807, 2.05) is 32.0 Å². The number of nitrogens with one attached hydrogen (secondary N) is 1. The second kappa shape index (κ2) is 9.61. The summed E-state index contributed by atoms with van der Waals surface area (Å²) in [6.07, 6.45) is 0.559. The molecule has 6 heteroatoms. The first-order chi connectivity index (χ1) is 11.0. The molecule has 0 aromatic heterocycles. The van der Waals surface area contributed by atoms with Gasteiger partial charge in [0.25, 0.3) is 5.91 Å². The minimum Gasteiger partial charge on any atom is -0.483 e. The summed E-state index contributed by atoms with van der Waals surface area (Å²) in [6.45, 7) is 7.39. The number of para-hydroxylation sites is 1. The number of benzene rings is 1. The number of hydrogen-bond acceptors (Lipinski definition) is 5. The molecule has 0 bridgehead atoms. The molecule has 0 heterocycles. The number of aryl methyl sites for hydroxylation is 1. The van der Waals surface area contributed by atoms with E-state index < -0.39 is 5.92 Å². The summed E-state index contributed by atoms with van der Waals surface area (Å²) < 4.78 is 10.4. The number of esters is 1. The van der Waals surface area contributed by atoms with Crippen molar-refractivity contribution in [2.75, 3.05) is 13.2 Å². The largest absolute Gasteiger partial charge is 0.483 e. The molecule has 0 fully saturated rings. The Kier molecular flexibility index (Phi) is 7.80. The minimum absolute atomic E-state index is 0.141. The molecule has 0 radical (unpaired) electrons. The predicted octanol–water partition coefficient (Wildman–Crippen LogP) is 2.46. The molecule has 1 rings (SSSR count). The highest BCUT2D eigenvalue weighted by atomic mass is 16.5. The molecule has 1 N–H and O–H groups in total. The van der Waals surface area contributed by atoms with Gasteiger partial charge in [-0.15, -0.1) is 0 Å². The zero-order valence-electron chi connectivity index (χ0n) is 14.1. The van der Waals surface area contributed by atoms with Gasteiger partial charge in [-0.1, -0.05) is 25.1 Å². The molecule has 1 atom stereocenters. The van der Waals surface area contributed by atoms with E-state index >= 15 is 0 Å². The van der Waals surface area contributed by atoms with E-state index in [2.05, 4.69) is 10.5 Å². The summed E-state index contributed by atoms with van der Waals surface area (Å²) in [5.41, 5.74) is 3.86. The fourth-order valence-corrected chi connectivity index (χ4v) is 2.00. The van der Waals surface area contributed by atoms with Gasteiger partial charge < -0.3 is 9.47 Å². The van der Waals surface area contributed by atoms with Crippen molar-refractivity contribution in [3.8, 4) is 5.75 Å². The van der Waals surface area contributed by atoms with Gasteiger partial charge in [-0.05, 0) is 38.8 Å². The highest BCUT2D eigenvalue weighted by Gasteiger charge is 2.21. The molecule has 0 saturated carbocycles. The normalized spacial score (nSPS) is 12.4. The average molecular weight is 320 g/mol. The lowest BCUT2D eigenvalue weighted by atomic mass is 10.0. The molecule has 23 heavy (non-hydrogen) atoms. The smallest absolute Gasteiger partial charge is 0.314 e. The third-order valence-corrected chi connectivity index (χ3v) is 3.29. The van der Waals surface area contributed by atoms with E-state index in [-0.39, 0.29) is 18.5 Å². The lowest BCUT2D eigenvalue weighted by Gasteiger charge is -2.13. The van der Waals surface area contributed by atoms with Gasteiger partial charge in [0.2, 0.25) is 0 Å². The van der Waals surface area contributed by atoms with E-state index in [1.54, 1.807) is 19.9 Å². The van der Waals surface area contributed by atoms with Gasteiger partial charge in [0.15, 0.2) is 6.61 Å². The lowest BCUT2D eigenvalue weighted by Crippen LogP contribution is -2.29. The van der Waals surface area contributed by atoms with Crippen molar-refractivity contribution in [2.45, 2.75) is 34.1 Å². The first-order valence-corrected chi connectivity index (χ1v) is 7.67. The van der Waals surface area contributed by atoms with Crippen LogP contribution in [0.25, 0.3) is 0 Å². The van der Waals surface area contributed by atoms with Crippen molar-refractivity contribution < 1.29 is 19.1 Å². The van der Waals surface area contributed by atoms with Crippen LogP contribution < -0.4 is 10.2 Å². The zero-order chi connectivity index (χ0) is 17.2. The molecule has 1 unspecified atom stereocenters. The highest BCUT2D eigenvalue weighted by Crippen LogP contribution is 2.15. The first kappa shape index (κ1) is 18.7. The van der Waals surface area contributed by atoms with Crippen molar-refractivity contribution in [1.82, 2.24) is 5.43 Å².